The van der Waals surface area contributed by atoms with Crippen molar-refractivity contribution < 1.29 is 4.74 Å². The quantitative estimate of drug-likeness (QED) is 0.550. The van der Waals surface area contributed by atoms with Crippen molar-refractivity contribution in [3.05, 3.63) is 88.7 Å². The normalized spacial score (nSPS) is 16.3. The average Bonchev–Trinajstić information content (AvgIpc) is 2.67. The summed E-state index contributed by atoms with van der Waals surface area (Å²) in [6.07, 6.45) is 0. The predicted octanol–water partition coefficient (Wildman–Crippen LogP) is 6.29. The first-order chi connectivity index (χ1) is 12.6. The lowest BCUT2D eigenvalue weighted by molar-refractivity contribution is 0.406. The Bertz CT molecular complexity index is 1050. The van der Waals surface area contributed by atoms with E-state index < -0.39 is 0 Å². The Balaban J connectivity index is 1.93. The van der Waals surface area contributed by atoms with Gasteiger partial charge in [0.2, 0.25) is 0 Å². The summed E-state index contributed by atoms with van der Waals surface area (Å²) < 4.78 is 6.12. The second kappa shape index (κ2) is 6.35. The van der Waals surface area contributed by atoms with Crippen LogP contribution in [0.4, 0.5) is 0 Å². The maximum Gasteiger partial charge on any atom is 0.138 e. The van der Waals surface area contributed by atoms with Gasteiger partial charge in [-0.3, -0.25) is 0 Å². The third kappa shape index (κ3) is 2.57. The molecular formula is C24H21NO. The van der Waals surface area contributed by atoms with Crippen LogP contribution < -0.4 is 4.74 Å². The topological polar surface area (TPSA) is 33.0 Å². The number of benzene rings is 3. The van der Waals surface area contributed by atoms with Gasteiger partial charge >= 0.3 is 0 Å². The molecule has 0 bridgehead atoms. The Labute approximate surface area is 154 Å². The predicted molar refractivity (Wildman–Crippen MR) is 105 cm³/mol. The fraction of sp³-hybridized carbons (Fsp3) is 0.208. The Morgan fingerprint density at radius 2 is 1.69 bits per heavy atom. The third-order valence-electron chi connectivity index (χ3n) is 5.20. The zero-order valence-electron chi connectivity index (χ0n) is 15.3. The van der Waals surface area contributed by atoms with Crippen LogP contribution in [0.15, 0.2) is 72.0 Å². The van der Waals surface area contributed by atoms with Crippen LogP contribution in [0.25, 0.3) is 10.8 Å². The average molecular weight is 339 g/mol. The van der Waals surface area contributed by atoms with Gasteiger partial charge in [-0.25, -0.2) is 0 Å². The largest absolute Gasteiger partial charge is 0.460 e. The lowest BCUT2D eigenvalue weighted by Crippen LogP contribution is -2.15. The SMILES string of the molecule is CC1=C(C#N)C(c2ccc(C(C)C)cc2)c2ccc3ccccc3c2O1. The fourth-order valence-electron chi connectivity index (χ4n) is 3.73. The number of fused-ring (bicyclic) bond motifs is 3. The number of nitrogens with zero attached hydrogens (tertiary/aromatic N) is 1. The van der Waals surface area contributed by atoms with E-state index in [2.05, 4.69) is 68.4 Å². The summed E-state index contributed by atoms with van der Waals surface area (Å²) in [6, 6.07) is 23.5. The van der Waals surface area contributed by atoms with Crippen LogP contribution in [0.5, 0.6) is 5.75 Å². The van der Waals surface area contributed by atoms with Gasteiger partial charge in [0.05, 0.1) is 17.6 Å². The Morgan fingerprint density at radius 3 is 2.38 bits per heavy atom. The van der Waals surface area contributed by atoms with E-state index in [-0.39, 0.29) is 5.92 Å². The van der Waals surface area contributed by atoms with E-state index in [0.29, 0.717) is 17.3 Å². The maximum absolute atomic E-state index is 9.79. The van der Waals surface area contributed by atoms with Gasteiger partial charge in [0.15, 0.2) is 0 Å². The van der Waals surface area contributed by atoms with E-state index in [4.69, 9.17) is 4.74 Å². The molecule has 0 saturated carbocycles. The first-order valence-electron chi connectivity index (χ1n) is 9.00. The minimum Gasteiger partial charge on any atom is -0.460 e. The molecule has 0 fully saturated rings. The second-order valence-electron chi connectivity index (χ2n) is 7.14. The van der Waals surface area contributed by atoms with Crippen LogP contribution in [0.3, 0.4) is 0 Å². The van der Waals surface area contributed by atoms with E-state index in [1.54, 1.807) is 0 Å². The van der Waals surface area contributed by atoms with Crippen molar-refractivity contribution in [2.24, 2.45) is 0 Å². The van der Waals surface area contributed by atoms with Crippen molar-refractivity contribution in [3.63, 3.8) is 0 Å². The summed E-state index contributed by atoms with van der Waals surface area (Å²) in [5.74, 6) is 1.96. The number of nitriles is 1. The molecule has 0 aliphatic carbocycles. The minimum atomic E-state index is -0.0884. The third-order valence-corrected chi connectivity index (χ3v) is 5.20. The van der Waals surface area contributed by atoms with E-state index in [1.807, 2.05) is 19.1 Å². The molecule has 128 valence electrons. The lowest BCUT2D eigenvalue weighted by atomic mass is 9.81. The Morgan fingerprint density at radius 1 is 0.962 bits per heavy atom. The van der Waals surface area contributed by atoms with Gasteiger partial charge in [-0.05, 0) is 29.4 Å². The molecule has 0 aromatic heterocycles. The van der Waals surface area contributed by atoms with Crippen molar-refractivity contribution in [2.75, 3.05) is 0 Å². The molecular weight excluding hydrogens is 318 g/mol. The van der Waals surface area contributed by atoms with Gasteiger partial charge in [0.1, 0.15) is 11.5 Å². The molecule has 2 nitrogen and oxygen atoms in total. The van der Waals surface area contributed by atoms with Crippen molar-refractivity contribution >= 4 is 10.8 Å². The van der Waals surface area contributed by atoms with Crippen molar-refractivity contribution in [3.8, 4) is 11.8 Å². The van der Waals surface area contributed by atoms with Gasteiger partial charge in [0.25, 0.3) is 0 Å². The number of hydrogen-bond donors (Lipinski definition) is 0. The monoisotopic (exact) mass is 339 g/mol. The number of ether oxygens (including phenoxy) is 1. The van der Waals surface area contributed by atoms with Crippen LogP contribution >= 0.6 is 0 Å². The molecule has 0 spiro atoms. The Hall–Kier alpha value is -3.05. The highest BCUT2D eigenvalue weighted by Crippen LogP contribution is 2.46. The van der Waals surface area contributed by atoms with E-state index >= 15 is 0 Å². The van der Waals surface area contributed by atoms with Crippen LogP contribution in [0.1, 0.15) is 49.3 Å². The molecule has 0 radical (unpaired) electrons. The zero-order chi connectivity index (χ0) is 18.3. The summed E-state index contributed by atoms with van der Waals surface area (Å²) in [5.41, 5.74) is 4.18. The summed E-state index contributed by atoms with van der Waals surface area (Å²) >= 11 is 0. The highest BCUT2D eigenvalue weighted by Gasteiger charge is 2.30. The summed E-state index contributed by atoms with van der Waals surface area (Å²) in [5, 5.41) is 12.0. The maximum atomic E-state index is 9.79. The van der Waals surface area contributed by atoms with E-state index in [9.17, 15) is 5.26 Å². The van der Waals surface area contributed by atoms with Gasteiger partial charge in [-0.1, -0.05) is 74.5 Å². The van der Waals surface area contributed by atoms with Crippen LogP contribution in [-0.2, 0) is 0 Å². The fourth-order valence-corrected chi connectivity index (χ4v) is 3.73. The first kappa shape index (κ1) is 16.4. The summed E-state index contributed by atoms with van der Waals surface area (Å²) in [4.78, 5) is 0. The molecule has 1 atom stereocenters. The molecule has 0 saturated heterocycles. The number of allylic oxidation sites excluding steroid dienone is 2. The standard InChI is InChI=1S/C24H21NO/c1-15(2)17-8-10-19(11-9-17)23-21-13-12-18-6-4-5-7-20(18)24(21)26-16(3)22(23)14-25/h4-13,15,23H,1-3H3. The molecule has 1 aliphatic heterocycles. The van der Waals surface area contributed by atoms with Crippen molar-refractivity contribution in [1.29, 1.82) is 5.26 Å². The molecule has 3 aromatic carbocycles. The molecule has 1 aliphatic rings. The van der Waals surface area contributed by atoms with Gasteiger partial charge in [-0.2, -0.15) is 5.26 Å². The van der Waals surface area contributed by atoms with Crippen molar-refractivity contribution in [1.82, 2.24) is 0 Å². The first-order valence-corrected chi connectivity index (χ1v) is 9.00. The van der Waals surface area contributed by atoms with Crippen molar-refractivity contribution in [2.45, 2.75) is 32.6 Å². The summed E-state index contributed by atoms with van der Waals surface area (Å²) in [6.45, 7) is 6.27. The van der Waals surface area contributed by atoms with E-state index in [0.717, 1.165) is 27.6 Å². The molecule has 1 heterocycles. The summed E-state index contributed by atoms with van der Waals surface area (Å²) in [7, 11) is 0. The van der Waals surface area contributed by atoms with E-state index in [1.165, 1.54) is 5.56 Å². The molecule has 4 rings (SSSR count). The van der Waals surface area contributed by atoms with Gasteiger partial charge in [0, 0.05) is 10.9 Å². The van der Waals surface area contributed by atoms with Crippen LogP contribution in [0, 0.1) is 11.3 Å². The smallest absolute Gasteiger partial charge is 0.138 e. The highest BCUT2D eigenvalue weighted by molar-refractivity contribution is 5.90. The van der Waals surface area contributed by atoms with Gasteiger partial charge in [-0.15, -0.1) is 0 Å². The van der Waals surface area contributed by atoms with Crippen LogP contribution in [0.2, 0.25) is 0 Å². The molecule has 0 N–H and O–H groups in total. The minimum absolute atomic E-state index is 0.0884. The Kier molecular flexibility index (Phi) is 4.01. The number of rotatable bonds is 2. The molecule has 3 aromatic rings. The molecule has 1 unspecified atom stereocenters. The van der Waals surface area contributed by atoms with Crippen LogP contribution in [-0.4, -0.2) is 0 Å². The molecule has 2 heteroatoms. The lowest BCUT2D eigenvalue weighted by Gasteiger charge is -2.28. The van der Waals surface area contributed by atoms with Gasteiger partial charge < -0.3 is 4.74 Å². The highest BCUT2D eigenvalue weighted by atomic mass is 16.5. The molecule has 26 heavy (non-hydrogen) atoms. The second-order valence-corrected chi connectivity index (χ2v) is 7.14. The zero-order valence-corrected chi connectivity index (χ0v) is 15.3. The number of hydrogen-bond acceptors (Lipinski definition) is 2. The molecule has 0 amide bonds.